The summed E-state index contributed by atoms with van der Waals surface area (Å²) in [6.07, 6.45) is 4.57. The second-order valence-electron chi connectivity index (χ2n) is 10.6. The van der Waals surface area contributed by atoms with Crippen LogP contribution in [0.5, 0.6) is 11.5 Å². The number of phenolic OH excluding ortho intramolecular Hbond substituents is 1. The van der Waals surface area contributed by atoms with Crippen LogP contribution in [-0.2, 0) is 4.79 Å². The monoisotopic (exact) mass is 625 g/mol. The predicted molar refractivity (Wildman–Crippen MR) is 159 cm³/mol. The molecule has 1 radical (unpaired) electrons. The normalized spacial score (nSPS) is 15.0. The standard InChI is InChI=1S/C31H35AsClN2O5/c1-20-18-22(36)9-10-23(20)24-11-13-26(29(37)32-31(30(38)39)14-5-4-6-15-31)34-28(24)21-8-12-25(33)27(19-21)40-17-7-16-35(2)3/h8-13,18-19,36H,4-7,14-17H2,1-3H3,(H,38,39). The average molecular weight is 626 g/mol. The molecule has 7 nitrogen and oxygen atoms in total. The van der Waals surface area contributed by atoms with Crippen LogP contribution in [0.4, 0.5) is 0 Å². The molecular weight excluding hydrogens is 591 g/mol. The summed E-state index contributed by atoms with van der Waals surface area (Å²) in [6.45, 7) is 3.29. The van der Waals surface area contributed by atoms with E-state index in [4.69, 9.17) is 21.3 Å². The van der Waals surface area contributed by atoms with Gasteiger partial charge in [-0.3, -0.25) is 0 Å². The van der Waals surface area contributed by atoms with Crippen LogP contribution in [0.15, 0.2) is 48.5 Å². The van der Waals surface area contributed by atoms with E-state index in [-0.39, 0.29) is 16.0 Å². The van der Waals surface area contributed by atoms with E-state index in [1.54, 1.807) is 24.3 Å². The van der Waals surface area contributed by atoms with E-state index in [1.165, 1.54) is 0 Å². The van der Waals surface area contributed by atoms with Crippen LogP contribution in [-0.4, -0.2) is 73.6 Å². The van der Waals surface area contributed by atoms with Crippen molar-refractivity contribution in [1.29, 1.82) is 0 Å². The van der Waals surface area contributed by atoms with Gasteiger partial charge in [0.1, 0.15) is 0 Å². The number of aryl methyl sites for hydroxylation is 1. The van der Waals surface area contributed by atoms with Gasteiger partial charge in [-0.05, 0) is 14.1 Å². The minimum atomic E-state index is -1.15. The first-order valence-electron chi connectivity index (χ1n) is 13.5. The fourth-order valence-corrected chi connectivity index (χ4v) is 7.87. The number of aromatic nitrogens is 1. The zero-order valence-corrected chi connectivity index (χ0v) is 25.7. The number of carboxylic acid groups (broad SMARTS) is 1. The van der Waals surface area contributed by atoms with E-state index in [2.05, 4.69) is 4.90 Å². The number of aromatic hydroxyl groups is 1. The number of phenols is 1. The second-order valence-corrected chi connectivity index (χ2v) is 14.1. The van der Waals surface area contributed by atoms with Gasteiger partial charge in [0.15, 0.2) is 0 Å². The van der Waals surface area contributed by atoms with Crippen LogP contribution in [0.25, 0.3) is 22.4 Å². The van der Waals surface area contributed by atoms with Crippen LogP contribution < -0.4 is 4.74 Å². The number of carboxylic acids is 1. The van der Waals surface area contributed by atoms with Gasteiger partial charge >= 0.3 is 234 Å². The number of hydrogen-bond acceptors (Lipinski definition) is 6. The number of benzene rings is 2. The van der Waals surface area contributed by atoms with Crippen molar-refractivity contribution in [3.8, 4) is 33.9 Å². The molecule has 0 atom stereocenters. The first kappa shape index (κ1) is 30.1. The third kappa shape index (κ3) is 7.06. The Kier molecular flexibility index (Phi) is 9.94. The molecule has 1 aliphatic rings. The van der Waals surface area contributed by atoms with Crippen molar-refractivity contribution in [2.24, 2.45) is 0 Å². The average Bonchev–Trinajstić information content (AvgIpc) is 2.92. The van der Waals surface area contributed by atoms with Crippen LogP contribution in [0, 0.1) is 6.92 Å². The summed E-state index contributed by atoms with van der Waals surface area (Å²) in [6, 6.07) is 14.1. The Morgan fingerprint density at radius 3 is 2.45 bits per heavy atom. The van der Waals surface area contributed by atoms with Crippen LogP contribution >= 0.6 is 11.6 Å². The zero-order chi connectivity index (χ0) is 28.9. The van der Waals surface area contributed by atoms with Crippen molar-refractivity contribution in [1.82, 2.24) is 9.88 Å². The Morgan fingerprint density at radius 2 is 1.77 bits per heavy atom. The summed E-state index contributed by atoms with van der Waals surface area (Å²) >= 11 is 5.32. The van der Waals surface area contributed by atoms with Crippen LogP contribution in [0.3, 0.4) is 0 Å². The molecule has 1 saturated carbocycles. The molecule has 0 aliphatic heterocycles. The van der Waals surface area contributed by atoms with Crippen LogP contribution in [0.2, 0.25) is 9.23 Å². The summed E-state index contributed by atoms with van der Waals surface area (Å²) in [5.41, 5.74) is 4.08. The van der Waals surface area contributed by atoms with Gasteiger partial charge in [0.25, 0.3) is 0 Å². The SMILES string of the molecule is Cc1cc(O)ccc1-c1ccc(C(=O)[As]C2(C(=O)O)CCCCC2)nc1-c1ccc(Cl)c(OCCCN(C)C)c1. The topological polar surface area (TPSA) is 100.0 Å². The number of carbonyl (C=O) groups is 2. The van der Waals surface area contributed by atoms with Gasteiger partial charge in [-0.15, -0.1) is 0 Å². The summed E-state index contributed by atoms with van der Waals surface area (Å²) in [4.78, 5) is 32.7. The van der Waals surface area contributed by atoms with E-state index in [9.17, 15) is 19.8 Å². The number of nitrogens with zero attached hydrogens (tertiary/aromatic N) is 2. The van der Waals surface area contributed by atoms with E-state index >= 15 is 0 Å². The van der Waals surface area contributed by atoms with E-state index in [1.807, 2.05) is 45.3 Å². The molecule has 9 heteroatoms. The fraction of sp³-hybridized carbons (Fsp3) is 0.387. The molecule has 1 aliphatic carbocycles. The van der Waals surface area contributed by atoms with Gasteiger partial charge in [0.2, 0.25) is 0 Å². The molecular formula is C31H35AsClN2O5. The quantitative estimate of drug-likeness (QED) is 0.186. The molecule has 1 fully saturated rings. The molecule has 2 N–H and O–H groups in total. The van der Waals surface area contributed by atoms with Crippen molar-refractivity contribution in [2.75, 3.05) is 27.2 Å². The Labute approximate surface area is 247 Å². The Morgan fingerprint density at radius 1 is 1.05 bits per heavy atom. The number of halogens is 1. The predicted octanol–water partition coefficient (Wildman–Crippen LogP) is 6.47. The molecule has 211 valence electrons. The number of rotatable bonds is 11. The number of ether oxygens (including phenoxy) is 1. The second kappa shape index (κ2) is 13.2. The van der Waals surface area contributed by atoms with E-state index < -0.39 is 25.9 Å². The summed E-state index contributed by atoms with van der Waals surface area (Å²) < 4.78 is 4.86. The number of pyridine rings is 1. The maximum absolute atomic E-state index is 13.5. The van der Waals surface area contributed by atoms with Crippen molar-refractivity contribution in [3.05, 3.63) is 64.8 Å². The maximum atomic E-state index is 13.5. The van der Waals surface area contributed by atoms with Gasteiger partial charge in [0, 0.05) is 0 Å². The molecule has 3 aromatic rings. The van der Waals surface area contributed by atoms with Gasteiger partial charge in [-0.2, -0.15) is 0 Å². The zero-order valence-electron chi connectivity index (χ0n) is 23.1. The summed E-state index contributed by atoms with van der Waals surface area (Å²) in [7, 11) is 4.02. The molecule has 0 saturated heterocycles. The number of carbonyl (C=O) groups excluding carboxylic acids is 1. The molecule has 2 aromatic carbocycles. The van der Waals surface area contributed by atoms with Crippen molar-refractivity contribution >= 4 is 37.9 Å². The van der Waals surface area contributed by atoms with E-state index in [0.717, 1.165) is 54.5 Å². The van der Waals surface area contributed by atoms with Gasteiger partial charge < -0.3 is 0 Å². The van der Waals surface area contributed by atoms with Crippen molar-refractivity contribution in [2.45, 2.75) is 49.7 Å². The van der Waals surface area contributed by atoms with Crippen LogP contribution in [0.1, 0.15) is 54.6 Å². The Hall–Kier alpha value is -2.86. The first-order chi connectivity index (χ1) is 19.1. The Bertz CT molecular complexity index is 1390. The molecule has 0 spiro atoms. The number of hydrogen-bond donors (Lipinski definition) is 2. The van der Waals surface area contributed by atoms with Crippen molar-refractivity contribution in [3.63, 3.8) is 0 Å². The van der Waals surface area contributed by atoms with Gasteiger partial charge in [-0.25, -0.2) is 0 Å². The summed E-state index contributed by atoms with van der Waals surface area (Å²) in [5.74, 6) is -0.174. The molecule has 0 unspecified atom stereocenters. The number of aliphatic carboxylic acids is 1. The van der Waals surface area contributed by atoms with E-state index in [0.29, 0.717) is 35.9 Å². The third-order valence-electron chi connectivity index (χ3n) is 7.22. The molecule has 1 heterocycles. The summed E-state index contributed by atoms with van der Waals surface area (Å²) in [5, 5.41) is 20.5. The molecule has 1 aromatic heterocycles. The van der Waals surface area contributed by atoms with Crippen molar-refractivity contribution < 1.29 is 24.5 Å². The van der Waals surface area contributed by atoms with Gasteiger partial charge in [0.05, 0.1) is 0 Å². The molecule has 0 bridgehead atoms. The first-order valence-corrected chi connectivity index (χ1v) is 15.7. The third-order valence-corrected chi connectivity index (χ3v) is 10.7. The molecule has 4 rings (SSSR count). The van der Waals surface area contributed by atoms with Gasteiger partial charge in [-0.1, -0.05) is 0 Å². The molecule has 40 heavy (non-hydrogen) atoms. The minimum absolute atomic E-state index is 0.165. The molecule has 0 amide bonds. The fourth-order valence-electron chi connectivity index (χ4n) is 5.05. The Balaban J connectivity index is 1.74.